The molecule has 0 spiro atoms. The minimum atomic E-state index is -4.32. The summed E-state index contributed by atoms with van der Waals surface area (Å²) in [5, 5.41) is 41.7. The maximum absolute atomic E-state index is 11.8. The average Bonchev–Trinajstić information content (AvgIpc) is 2.49. The first kappa shape index (κ1) is 22.3. The molecule has 0 radical (unpaired) electrons. The van der Waals surface area contributed by atoms with E-state index in [0.29, 0.717) is 0 Å². The van der Waals surface area contributed by atoms with E-state index in [9.17, 15) is 50.0 Å². The lowest BCUT2D eigenvalue weighted by Gasteiger charge is -2.21. The third kappa shape index (κ3) is 4.45. The van der Waals surface area contributed by atoms with Crippen molar-refractivity contribution in [2.45, 2.75) is 25.7 Å². The fraction of sp³-hybridized carbons (Fsp3) is 0.778. The molecular formula is C9H13N5O12. The summed E-state index contributed by atoms with van der Waals surface area (Å²) in [5.74, 6) is -7.58. The van der Waals surface area contributed by atoms with E-state index in [1.54, 1.807) is 0 Å². The Morgan fingerprint density at radius 3 is 1.46 bits per heavy atom. The average molecular weight is 383 g/mol. The van der Waals surface area contributed by atoms with E-state index in [1.807, 2.05) is 0 Å². The molecule has 0 aromatic carbocycles. The predicted molar refractivity (Wildman–Crippen MR) is 74.5 cm³/mol. The lowest BCUT2D eigenvalue weighted by molar-refractivity contribution is -0.973. The number of ether oxygens (including phenoxy) is 2. The number of hydrogen-bond donors (Lipinski definition) is 0. The van der Waals surface area contributed by atoms with Crippen LogP contribution in [0.4, 0.5) is 0 Å². The third-order valence-corrected chi connectivity index (χ3v) is 2.78. The fourth-order valence-electron chi connectivity index (χ4n) is 1.62. The molecule has 17 nitrogen and oxygen atoms in total. The van der Waals surface area contributed by atoms with Crippen LogP contribution >= 0.6 is 0 Å². The minimum Gasteiger partial charge on any atom is -0.464 e. The number of hydrazine groups is 1. The van der Waals surface area contributed by atoms with Gasteiger partial charge in [-0.25, -0.2) is 19.7 Å². The molecule has 0 aliphatic heterocycles. The van der Waals surface area contributed by atoms with Gasteiger partial charge in [0.1, 0.15) is 0 Å². The maximum atomic E-state index is 11.8. The topological polar surface area (TPSA) is 228 Å². The molecule has 0 heterocycles. The van der Waals surface area contributed by atoms with E-state index < -0.39 is 55.1 Å². The molecule has 0 amide bonds. The van der Waals surface area contributed by atoms with E-state index in [0.717, 1.165) is 0 Å². The Bertz CT molecular complexity index is 566. The Balaban J connectivity index is 6.26. The summed E-state index contributed by atoms with van der Waals surface area (Å²) in [6, 6.07) is -2.64. The summed E-state index contributed by atoms with van der Waals surface area (Å²) in [7, 11) is 0. The predicted octanol–water partition coefficient (Wildman–Crippen LogP) is -1.54. The fourth-order valence-corrected chi connectivity index (χ4v) is 1.62. The van der Waals surface area contributed by atoms with Crippen LogP contribution in [0.15, 0.2) is 0 Å². The monoisotopic (exact) mass is 383 g/mol. The highest BCUT2D eigenvalue weighted by Gasteiger charge is 2.74. The molecule has 17 heteroatoms. The number of nitrogens with zero attached hydrogens (tertiary/aromatic N) is 5. The van der Waals surface area contributed by atoms with Crippen molar-refractivity contribution in [1.29, 1.82) is 0 Å². The molecule has 0 atom stereocenters. The number of rotatable bonds is 11. The normalized spacial score (nSPS) is 10.7. The second-order valence-corrected chi connectivity index (χ2v) is 4.29. The van der Waals surface area contributed by atoms with Gasteiger partial charge >= 0.3 is 17.7 Å². The van der Waals surface area contributed by atoms with Crippen molar-refractivity contribution in [3.63, 3.8) is 0 Å². The highest BCUT2D eigenvalue weighted by atomic mass is 16.7. The van der Waals surface area contributed by atoms with Gasteiger partial charge in [0.05, 0.1) is 13.2 Å². The van der Waals surface area contributed by atoms with E-state index >= 15 is 0 Å². The molecule has 0 bridgehead atoms. The van der Waals surface area contributed by atoms with Crippen molar-refractivity contribution in [3.05, 3.63) is 40.5 Å². The number of esters is 2. The summed E-state index contributed by atoms with van der Waals surface area (Å²) in [6.45, 7) is -0.413. The zero-order valence-electron chi connectivity index (χ0n) is 13.3. The molecular weight excluding hydrogens is 370 g/mol. The van der Waals surface area contributed by atoms with Gasteiger partial charge in [0.15, 0.2) is 19.8 Å². The SMILES string of the molecule is CCOC(=O)C(C(=O)OCC)N(CC([N+](=O)[O-])([N+](=O)[O-])[N+](=O)[O-])[N+](=O)[O-]. The molecule has 0 saturated carbocycles. The summed E-state index contributed by atoms with van der Waals surface area (Å²) in [5.41, 5.74) is 0. The van der Waals surface area contributed by atoms with Crippen LogP contribution in [0.2, 0.25) is 0 Å². The van der Waals surface area contributed by atoms with Crippen LogP contribution in [0.3, 0.4) is 0 Å². The molecule has 0 aromatic heterocycles. The first-order valence-electron chi connectivity index (χ1n) is 6.64. The highest BCUT2D eigenvalue weighted by molar-refractivity contribution is 5.99. The molecule has 146 valence electrons. The van der Waals surface area contributed by atoms with Gasteiger partial charge in [0.2, 0.25) is 0 Å². The second-order valence-electron chi connectivity index (χ2n) is 4.29. The van der Waals surface area contributed by atoms with Crippen molar-refractivity contribution >= 4 is 11.9 Å². The van der Waals surface area contributed by atoms with Crippen molar-refractivity contribution in [3.8, 4) is 0 Å². The Hall–Kier alpha value is -3.66. The van der Waals surface area contributed by atoms with Crippen LogP contribution in [0, 0.1) is 40.5 Å². The molecule has 0 aliphatic rings. The molecule has 0 aliphatic carbocycles. The second kappa shape index (κ2) is 8.99. The van der Waals surface area contributed by atoms with Crippen molar-refractivity contribution in [1.82, 2.24) is 5.01 Å². The lowest BCUT2D eigenvalue weighted by Crippen LogP contribution is -2.64. The molecule has 0 fully saturated rings. The van der Waals surface area contributed by atoms with Crippen LogP contribution in [0.5, 0.6) is 0 Å². The van der Waals surface area contributed by atoms with Crippen LogP contribution in [-0.4, -0.2) is 68.3 Å². The quantitative estimate of drug-likeness (QED) is 0.129. The van der Waals surface area contributed by atoms with Crippen molar-refractivity contribution < 1.29 is 38.9 Å². The largest absolute Gasteiger partial charge is 0.723 e. The van der Waals surface area contributed by atoms with Crippen LogP contribution < -0.4 is 0 Å². The van der Waals surface area contributed by atoms with Gasteiger partial charge in [-0.3, -0.25) is 30.3 Å². The van der Waals surface area contributed by atoms with Gasteiger partial charge in [-0.1, -0.05) is 5.01 Å². The zero-order valence-corrected chi connectivity index (χ0v) is 13.3. The lowest BCUT2D eigenvalue weighted by atomic mass is 10.2. The molecule has 0 saturated heterocycles. The third-order valence-electron chi connectivity index (χ3n) is 2.78. The van der Waals surface area contributed by atoms with Gasteiger partial charge in [0, 0.05) is 0 Å². The molecule has 26 heavy (non-hydrogen) atoms. The van der Waals surface area contributed by atoms with Gasteiger partial charge in [-0.15, -0.1) is 0 Å². The van der Waals surface area contributed by atoms with Crippen molar-refractivity contribution in [2.75, 3.05) is 19.8 Å². The highest BCUT2D eigenvalue weighted by Crippen LogP contribution is 2.18. The number of hydrogen-bond acceptors (Lipinski definition) is 12. The standard InChI is InChI=1S/C9H13N5O12/c1-3-25-7(15)6(8(16)26-4-2)10(14(23)24)5-9(11(17)18,12(19)20)13(21)22/h6H,3-5H2,1-2H3. The van der Waals surface area contributed by atoms with E-state index in [2.05, 4.69) is 9.47 Å². The Morgan fingerprint density at radius 1 is 0.885 bits per heavy atom. The van der Waals surface area contributed by atoms with Gasteiger partial charge in [0.25, 0.3) is 12.6 Å². The van der Waals surface area contributed by atoms with Crippen molar-refractivity contribution in [2.24, 2.45) is 0 Å². The Kier molecular flexibility index (Phi) is 7.72. The smallest absolute Gasteiger partial charge is 0.464 e. The number of carbonyl (C=O) groups excluding carboxylic acids is 2. The van der Waals surface area contributed by atoms with Crippen LogP contribution in [0.1, 0.15) is 13.8 Å². The van der Waals surface area contributed by atoms with Gasteiger partial charge in [-0.2, -0.15) is 0 Å². The van der Waals surface area contributed by atoms with E-state index in [4.69, 9.17) is 0 Å². The van der Waals surface area contributed by atoms with Gasteiger partial charge in [-0.05, 0) is 13.8 Å². The summed E-state index contributed by atoms with van der Waals surface area (Å²) in [4.78, 5) is 61.6. The zero-order chi connectivity index (χ0) is 20.7. The maximum Gasteiger partial charge on any atom is 0.723 e. The van der Waals surface area contributed by atoms with Gasteiger partial charge < -0.3 is 9.47 Å². The summed E-state index contributed by atoms with van der Waals surface area (Å²) < 4.78 is 8.81. The minimum absolute atomic E-state index is 0.384. The molecule has 0 N–H and O–H groups in total. The van der Waals surface area contributed by atoms with E-state index in [-0.39, 0.29) is 13.2 Å². The number of carbonyl (C=O) groups is 2. The van der Waals surface area contributed by atoms with E-state index in [1.165, 1.54) is 13.8 Å². The molecule has 0 rings (SSSR count). The number of nitro groups is 4. The van der Waals surface area contributed by atoms with Crippen LogP contribution in [-0.2, 0) is 19.1 Å². The molecule has 0 aromatic rings. The summed E-state index contributed by atoms with van der Waals surface area (Å²) in [6.07, 6.45) is 0. The molecule has 0 unspecified atom stereocenters. The summed E-state index contributed by atoms with van der Waals surface area (Å²) >= 11 is 0. The Morgan fingerprint density at radius 2 is 1.23 bits per heavy atom. The van der Waals surface area contributed by atoms with Crippen LogP contribution in [0.25, 0.3) is 0 Å². The Labute approximate surface area is 143 Å². The first-order valence-corrected chi connectivity index (χ1v) is 6.64. The first-order chi connectivity index (χ1) is 12.0.